The summed E-state index contributed by atoms with van der Waals surface area (Å²) in [6.07, 6.45) is 15.7. The maximum absolute atomic E-state index is 11.1. The standard InChI is InChI=1S/C24H41N5O2/c1-3-5-7-9-11-13-17-27(18-14-12-10-8-6-4-2)19-20-28-24-21-22(29(30)31)15-16-23(24)25-26-28/h15-16,21H,3-14,17-20H2,1-2H3. The average Bonchev–Trinajstić information content (AvgIpc) is 3.18. The minimum atomic E-state index is -0.361. The van der Waals surface area contributed by atoms with Crippen molar-refractivity contribution in [2.45, 2.75) is 97.4 Å². The molecule has 0 aliphatic carbocycles. The van der Waals surface area contributed by atoms with Crippen LogP contribution in [0.4, 0.5) is 5.69 Å². The fourth-order valence-corrected chi connectivity index (χ4v) is 4.04. The van der Waals surface area contributed by atoms with Gasteiger partial charge in [0.2, 0.25) is 0 Å². The van der Waals surface area contributed by atoms with Crippen molar-refractivity contribution < 1.29 is 4.92 Å². The van der Waals surface area contributed by atoms with Crippen LogP contribution < -0.4 is 0 Å². The number of aromatic nitrogens is 3. The molecule has 0 aliphatic rings. The van der Waals surface area contributed by atoms with Gasteiger partial charge in [-0.2, -0.15) is 0 Å². The molecule has 0 amide bonds. The van der Waals surface area contributed by atoms with E-state index < -0.39 is 0 Å². The van der Waals surface area contributed by atoms with Gasteiger partial charge in [-0.1, -0.05) is 83.3 Å². The summed E-state index contributed by atoms with van der Waals surface area (Å²) in [5.74, 6) is 0. The minimum Gasteiger partial charge on any atom is -0.301 e. The molecule has 1 aromatic carbocycles. The van der Waals surface area contributed by atoms with Crippen LogP contribution in [0.3, 0.4) is 0 Å². The topological polar surface area (TPSA) is 77.1 Å². The number of hydrogen-bond donors (Lipinski definition) is 0. The molecule has 31 heavy (non-hydrogen) atoms. The number of nitro groups is 1. The zero-order valence-corrected chi connectivity index (χ0v) is 19.6. The zero-order chi connectivity index (χ0) is 22.3. The molecular weight excluding hydrogens is 390 g/mol. The summed E-state index contributed by atoms with van der Waals surface area (Å²) in [7, 11) is 0. The first-order valence-electron chi connectivity index (χ1n) is 12.4. The number of fused-ring (bicyclic) bond motifs is 1. The number of hydrogen-bond acceptors (Lipinski definition) is 5. The van der Waals surface area contributed by atoms with Crippen LogP contribution in [-0.2, 0) is 6.54 Å². The first-order valence-corrected chi connectivity index (χ1v) is 12.4. The Hall–Kier alpha value is -2.02. The van der Waals surface area contributed by atoms with Gasteiger partial charge in [-0.15, -0.1) is 5.10 Å². The van der Waals surface area contributed by atoms with Crippen molar-refractivity contribution in [3.05, 3.63) is 28.3 Å². The Kier molecular flexibility index (Phi) is 12.1. The van der Waals surface area contributed by atoms with Crippen LogP contribution in [0.5, 0.6) is 0 Å². The van der Waals surface area contributed by atoms with Gasteiger partial charge in [0.05, 0.1) is 17.0 Å². The Balaban J connectivity index is 1.87. The molecule has 0 unspecified atom stereocenters. The SMILES string of the molecule is CCCCCCCCN(CCCCCCCC)CCn1nnc2ccc([N+](=O)[O-])cc21. The summed E-state index contributed by atoms with van der Waals surface area (Å²) in [5.41, 5.74) is 1.55. The summed E-state index contributed by atoms with van der Waals surface area (Å²) in [6.45, 7) is 8.37. The third-order valence-corrected chi connectivity index (χ3v) is 5.99. The van der Waals surface area contributed by atoms with Crippen molar-refractivity contribution >= 4 is 16.7 Å². The summed E-state index contributed by atoms with van der Waals surface area (Å²) < 4.78 is 1.82. The Labute approximate surface area is 187 Å². The summed E-state index contributed by atoms with van der Waals surface area (Å²) in [5, 5.41) is 19.5. The highest BCUT2D eigenvalue weighted by atomic mass is 16.6. The van der Waals surface area contributed by atoms with Gasteiger partial charge >= 0.3 is 0 Å². The van der Waals surface area contributed by atoms with Gasteiger partial charge in [0.15, 0.2) is 0 Å². The first kappa shape index (κ1) is 25.2. The lowest BCUT2D eigenvalue weighted by molar-refractivity contribution is -0.384. The second-order valence-corrected chi connectivity index (χ2v) is 8.62. The van der Waals surface area contributed by atoms with Crippen molar-refractivity contribution in [1.29, 1.82) is 0 Å². The van der Waals surface area contributed by atoms with Crippen LogP contribution >= 0.6 is 0 Å². The molecule has 2 rings (SSSR count). The maximum atomic E-state index is 11.1. The van der Waals surface area contributed by atoms with E-state index in [9.17, 15) is 10.1 Å². The number of nitro benzene ring substituents is 1. The van der Waals surface area contributed by atoms with Crippen LogP contribution in [0, 0.1) is 10.1 Å². The van der Waals surface area contributed by atoms with E-state index in [1.54, 1.807) is 12.1 Å². The van der Waals surface area contributed by atoms with Gasteiger partial charge in [-0.05, 0) is 32.0 Å². The molecule has 0 N–H and O–H groups in total. The number of nitrogens with zero attached hydrogens (tertiary/aromatic N) is 5. The summed E-state index contributed by atoms with van der Waals surface area (Å²) >= 11 is 0. The lowest BCUT2D eigenvalue weighted by Gasteiger charge is -2.22. The molecule has 0 saturated carbocycles. The molecule has 7 nitrogen and oxygen atoms in total. The molecule has 1 heterocycles. The van der Waals surface area contributed by atoms with E-state index in [0.29, 0.717) is 12.1 Å². The largest absolute Gasteiger partial charge is 0.301 e. The smallest absolute Gasteiger partial charge is 0.271 e. The van der Waals surface area contributed by atoms with Crippen LogP contribution in [0.15, 0.2) is 18.2 Å². The van der Waals surface area contributed by atoms with E-state index in [-0.39, 0.29) is 10.6 Å². The minimum absolute atomic E-state index is 0.0899. The van der Waals surface area contributed by atoms with Crippen molar-refractivity contribution in [3.63, 3.8) is 0 Å². The second kappa shape index (κ2) is 14.9. The van der Waals surface area contributed by atoms with Gasteiger partial charge < -0.3 is 4.90 Å². The molecule has 1 aromatic heterocycles. The van der Waals surface area contributed by atoms with Crippen molar-refractivity contribution in [2.75, 3.05) is 19.6 Å². The van der Waals surface area contributed by atoms with Crippen molar-refractivity contribution in [3.8, 4) is 0 Å². The Bertz CT molecular complexity index is 746. The van der Waals surface area contributed by atoms with E-state index in [1.807, 2.05) is 4.68 Å². The van der Waals surface area contributed by atoms with Crippen LogP contribution in [0.2, 0.25) is 0 Å². The van der Waals surface area contributed by atoms with E-state index in [0.717, 1.165) is 25.2 Å². The number of benzene rings is 1. The molecule has 0 atom stereocenters. The fourth-order valence-electron chi connectivity index (χ4n) is 4.04. The molecule has 0 spiro atoms. The third-order valence-electron chi connectivity index (χ3n) is 5.99. The summed E-state index contributed by atoms with van der Waals surface area (Å²) in [4.78, 5) is 13.3. The van der Waals surface area contributed by atoms with E-state index in [4.69, 9.17) is 0 Å². The number of rotatable bonds is 18. The quantitative estimate of drug-likeness (QED) is 0.156. The molecule has 0 bridgehead atoms. The number of unbranched alkanes of at least 4 members (excludes halogenated alkanes) is 10. The molecular formula is C24H41N5O2. The van der Waals surface area contributed by atoms with Gasteiger partial charge in [-0.25, -0.2) is 4.68 Å². The zero-order valence-electron chi connectivity index (χ0n) is 19.6. The highest BCUT2D eigenvalue weighted by molar-refractivity contribution is 5.77. The molecule has 0 fully saturated rings. The van der Waals surface area contributed by atoms with E-state index in [1.165, 1.54) is 83.1 Å². The van der Waals surface area contributed by atoms with E-state index in [2.05, 4.69) is 29.1 Å². The Morgan fingerprint density at radius 2 is 1.45 bits per heavy atom. The molecule has 0 saturated heterocycles. The average molecular weight is 432 g/mol. The Morgan fingerprint density at radius 3 is 2.03 bits per heavy atom. The monoisotopic (exact) mass is 431 g/mol. The normalized spacial score (nSPS) is 11.6. The van der Waals surface area contributed by atoms with Crippen LogP contribution in [0.25, 0.3) is 11.0 Å². The Morgan fingerprint density at radius 1 is 0.871 bits per heavy atom. The lowest BCUT2D eigenvalue weighted by atomic mass is 10.1. The molecule has 0 aliphatic heterocycles. The van der Waals surface area contributed by atoms with Crippen molar-refractivity contribution in [2.24, 2.45) is 0 Å². The predicted octanol–water partition coefficient (Wildman–Crippen LogP) is 6.36. The first-order chi connectivity index (χ1) is 15.2. The maximum Gasteiger partial charge on any atom is 0.271 e. The van der Waals surface area contributed by atoms with Gasteiger partial charge in [0, 0.05) is 18.7 Å². The second-order valence-electron chi connectivity index (χ2n) is 8.62. The van der Waals surface area contributed by atoms with Crippen LogP contribution in [-0.4, -0.2) is 44.5 Å². The van der Waals surface area contributed by atoms with Gasteiger partial charge in [-0.3, -0.25) is 10.1 Å². The van der Waals surface area contributed by atoms with Gasteiger partial charge in [0.25, 0.3) is 5.69 Å². The fraction of sp³-hybridized carbons (Fsp3) is 0.750. The lowest BCUT2D eigenvalue weighted by Crippen LogP contribution is -2.30. The van der Waals surface area contributed by atoms with Gasteiger partial charge in [0.1, 0.15) is 5.52 Å². The number of non-ortho nitro benzene ring substituents is 1. The predicted molar refractivity (Wildman–Crippen MR) is 127 cm³/mol. The van der Waals surface area contributed by atoms with Crippen LogP contribution in [0.1, 0.15) is 90.9 Å². The molecule has 174 valence electrons. The molecule has 0 radical (unpaired) electrons. The molecule has 7 heteroatoms. The van der Waals surface area contributed by atoms with Crippen molar-refractivity contribution in [1.82, 2.24) is 19.9 Å². The highest BCUT2D eigenvalue weighted by Crippen LogP contribution is 2.19. The summed E-state index contributed by atoms with van der Waals surface area (Å²) in [6, 6.07) is 4.76. The third kappa shape index (κ3) is 9.33. The molecule has 2 aromatic rings. The highest BCUT2D eigenvalue weighted by Gasteiger charge is 2.12. The van der Waals surface area contributed by atoms with E-state index >= 15 is 0 Å².